The van der Waals surface area contributed by atoms with Crippen LogP contribution < -0.4 is 0 Å². The highest BCUT2D eigenvalue weighted by atomic mass is 16.6. The number of hydrogen-bond acceptors (Lipinski definition) is 3. The van der Waals surface area contributed by atoms with Crippen molar-refractivity contribution in [1.82, 2.24) is 4.90 Å². The van der Waals surface area contributed by atoms with Gasteiger partial charge >= 0.3 is 0 Å². The second kappa shape index (κ2) is 6.31. The van der Waals surface area contributed by atoms with Crippen LogP contribution in [0.1, 0.15) is 42.5 Å². The van der Waals surface area contributed by atoms with Gasteiger partial charge in [0.05, 0.1) is 4.92 Å². The molecule has 0 aliphatic carbocycles. The Morgan fingerprint density at radius 1 is 1.00 bits per heavy atom. The standard InChI is InChI=1S/C14H18N2O3/c17-14(15-10-4-2-1-3-5-11-15)12-6-8-13(9-7-12)16(18)19/h6-9H,1-5,10-11H2. The van der Waals surface area contributed by atoms with Crippen LogP contribution in [0.2, 0.25) is 0 Å². The maximum Gasteiger partial charge on any atom is 0.269 e. The zero-order chi connectivity index (χ0) is 13.7. The van der Waals surface area contributed by atoms with E-state index in [0.717, 1.165) is 25.9 Å². The average molecular weight is 262 g/mol. The predicted molar refractivity (Wildman–Crippen MR) is 72.1 cm³/mol. The fourth-order valence-corrected chi connectivity index (χ4v) is 2.36. The molecule has 0 radical (unpaired) electrons. The maximum absolute atomic E-state index is 12.3. The van der Waals surface area contributed by atoms with Crippen molar-refractivity contribution < 1.29 is 9.72 Å². The van der Waals surface area contributed by atoms with E-state index in [9.17, 15) is 14.9 Å². The number of hydrogen-bond donors (Lipinski definition) is 0. The highest BCUT2D eigenvalue weighted by molar-refractivity contribution is 5.94. The summed E-state index contributed by atoms with van der Waals surface area (Å²) in [6.45, 7) is 1.58. The van der Waals surface area contributed by atoms with E-state index in [1.807, 2.05) is 4.90 Å². The molecule has 0 saturated carbocycles. The minimum absolute atomic E-state index is 0.0169. The third-order valence-electron chi connectivity index (χ3n) is 3.47. The second-order valence-electron chi connectivity index (χ2n) is 4.86. The maximum atomic E-state index is 12.3. The summed E-state index contributed by atoms with van der Waals surface area (Å²) in [5.41, 5.74) is 0.551. The third kappa shape index (κ3) is 3.53. The van der Waals surface area contributed by atoms with Gasteiger partial charge in [-0.25, -0.2) is 0 Å². The Kier molecular flexibility index (Phi) is 4.49. The van der Waals surface area contributed by atoms with Crippen molar-refractivity contribution in [1.29, 1.82) is 0 Å². The molecular weight excluding hydrogens is 244 g/mol. The van der Waals surface area contributed by atoms with Crippen molar-refractivity contribution in [3.63, 3.8) is 0 Å². The van der Waals surface area contributed by atoms with Crippen LogP contribution in [0.25, 0.3) is 0 Å². The zero-order valence-corrected chi connectivity index (χ0v) is 10.9. The van der Waals surface area contributed by atoms with Crippen molar-refractivity contribution in [3.05, 3.63) is 39.9 Å². The van der Waals surface area contributed by atoms with Crippen molar-refractivity contribution in [2.45, 2.75) is 32.1 Å². The van der Waals surface area contributed by atoms with Gasteiger partial charge in [0.25, 0.3) is 11.6 Å². The lowest BCUT2D eigenvalue weighted by atomic mass is 10.1. The summed E-state index contributed by atoms with van der Waals surface area (Å²) in [5.74, 6) is -0.0169. The van der Waals surface area contributed by atoms with Crippen LogP contribution in [0.5, 0.6) is 0 Å². The van der Waals surface area contributed by atoms with Crippen LogP contribution in [0.3, 0.4) is 0 Å². The van der Waals surface area contributed by atoms with E-state index in [4.69, 9.17) is 0 Å². The summed E-state index contributed by atoms with van der Waals surface area (Å²) in [4.78, 5) is 24.3. The average Bonchev–Trinajstić information content (AvgIpc) is 2.38. The molecule has 19 heavy (non-hydrogen) atoms. The molecule has 0 unspecified atom stereocenters. The van der Waals surface area contributed by atoms with Crippen molar-refractivity contribution in [2.75, 3.05) is 13.1 Å². The summed E-state index contributed by atoms with van der Waals surface area (Å²) in [6, 6.07) is 5.85. The van der Waals surface area contributed by atoms with Crippen LogP contribution in [0.4, 0.5) is 5.69 Å². The molecule has 1 heterocycles. The van der Waals surface area contributed by atoms with E-state index in [1.165, 1.54) is 31.4 Å². The molecule has 1 aliphatic rings. The number of non-ortho nitro benzene ring substituents is 1. The number of likely N-dealkylation sites (tertiary alicyclic amines) is 1. The Morgan fingerprint density at radius 3 is 2.05 bits per heavy atom. The predicted octanol–water partition coefficient (Wildman–Crippen LogP) is 3.00. The highest BCUT2D eigenvalue weighted by Gasteiger charge is 2.17. The molecule has 5 nitrogen and oxygen atoms in total. The SMILES string of the molecule is O=C(c1ccc([N+](=O)[O-])cc1)N1CCCCCCC1. The number of nitrogens with zero attached hydrogens (tertiary/aromatic N) is 2. The minimum atomic E-state index is -0.454. The van der Waals surface area contributed by atoms with Gasteiger partial charge in [-0.05, 0) is 25.0 Å². The fourth-order valence-electron chi connectivity index (χ4n) is 2.36. The zero-order valence-electron chi connectivity index (χ0n) is 10.9. The summed E-state index contributed by atoms with van der Waals surface area (Å²) in [7, 11) is 0. The van der Waals surface area contributed by atoms with Crippen molar-refractivity contribution in [2.24, 2.45) is 0 Å². The summed E-state index contributed by atoms with van der Waals surface area (Å²) in [5, 5.41) is 10.6. The number of carbonyl (C=O) groups excluding carboxylic acids is 1. The molecule has 1 fully saturated rings. The highest BCUT2D eigenvalue weighted by Crippen LogP contribution is 2.16. The quantitative estimate of drug-likeness (QED) is 0.608. The summed E-state index contributed by atoms with van der Waals surface area (Å²) >= 11 is 0. The Labute approximate surface area is 112 Å². The molecule has 1 aliphatic heterocycles. The van der Waals surface area contributed by atoms with Crippen molar-refractivity contribution in [3.8, 4) is 0 Å². The molecule has 5 heteroatoms. The number of carbonyl (C=O) groups is 1. The van der Waals surface area contributed by atoms with Gasteiger partial charge in [-0.2, -0.15) is 0 Å². The number of nitro groups is 1. The number of nitro benzene ring substituents is 1. The first-order valence-electron chi connectivity index (χ1n) is 6.72. The Morgan fingerprint density at radius 2 is 1.53 bits per heavy atom. The minimum Gasteiger partial charge on any atom is -0.339 e. The van der Waals surface area contributed by atoms with Crippen LogP contribution in [0.15, 0.2) is 24.3 Å². The Balaban J connectivity index is 2.06. The lowest BCUT2D eigenvalue weighted by molar-refractivity contribution is -0.384. The van der Waals surface area contributed by atoms with Crippen molar-refractivity contribution >= 4 is 11.6 Å². The Bertz CT molecular complexity index is 448. The molecule has 1 aromatic rings. The summed E-state index contributed by atoms with van der Waals surface area (Å²) in [6.07, 6.45) is 5.67. The molecule has 2 rings (SSSR count). The fraction of sp³-hybridized carbons (Fsp3) is 0.500. The first kappa shape index (κ1) is 13.5. The Hall–Kier alpha value is -1.91. The van der Waals surface area contributed by atoms with E-state index in [2.05, 4.69) is 0 Å². The third-order valence-corrected chi connectivity index (χ3v) is 3.47. The van der Waals surface area contributed by atoms with Gasteiger partial charge in [-0.15, -0.1) is 0 Å². The molecule has 1 saturated heterocycles. The lowest BCUT2D eigenvalue weighted by Gasteiger charge is -2.24. The smallest absolute Gasteiger partial charge is 0.269 e. The molecule has 0 N–H and O–H groups in total. The number of benzene rings is 1. The van der Waals surface area contributed by atoms with E-state index in [1.54, 1.807) is 12.1 Å². The molecule has 0 atom stereocenters. The molecule has 0 aromatic heterocycles. The second-order valence-corrected chi connectivity index (χ2v) is 4.86. The van der Waals surface area contributed by atoms with Gasteiger partial charge in [-0.3, -0.25) is 14.9 Å². The van der Waals surface area contributed by atoms with E-state index in [0.29, 0.717) is 5.56 Å². The van der Waals surface area contributed by atoms with Gasteiger partial charge in [-0.1, -0.05) is 19.3 Å². The largest absolute Gasteiger partial charge is 0.339 e. The normalized spacial score (nSPS) is 16.5. The van der Waals surface area contributed by atoms with Crippen LogP contribution in [-0.2, 0) is 0 Å². The van der Waals surface area contributed by atoms with Gasteiger partial charge in [0.15, 0.2) is 0 Å². The van der Waals surface area contributed by atoms with Gasteiger partial charge in [0, 0.05) is 30.8 Å². The molecule has 1 aromatic carbocycles. The molecule has 0 spiro atoms. The van der Waals surface area contributed by atoms with Crippen LogP contribution >= 0.6 is 0 Å². The summed E-state index contributed by atoms with van der Waals surface area (Å²) < 4.78 is 0. The van der Waals surface area contributed by atoms with E-state index >= 15 is 0 Å². The van der Waals surface area contributed by atoms with Gasteiger partial charge < -0.3 is 4.90 Å². The molecule has 102 valence electrons. The van der Waals surface area contributed by atoms with Crippen LogP contribution in [-0.4, -0.2) is 28.8 Å². The number of amides is 1. The van der Waals surface area contributed by atoms with Crippen LogP contribution in [0, 0.1) is 10.1 Å². The van der Waals surface area contributed by atoms with E-state index < -0.39 is 4.92 Å². The van der Waals surface area contributed by atoms with Gasteiger partial charge in [0.1, 0.15) is 0 Å². The van der Waals surface area contributed by atoms with E-state index in [-0.39, 0.29) is 11.6 Å². The molecule has 0 bridgehead atoms. The number of rotatable bonds is 2. The lowest BCUT2D eigenvalue weighted by Crippen LogP contribution is -2.33. The van der Waals surface area contributed by atoms with Gasteiger partial charge in [0.2, 0.25) is 0 Å². The molecule has 1 amide bonds. The molecular formula is C14H18N2O3. The first-order valence-corrected chi connectivity index (χ1v) is 6.72. The monoisotopic (exact) mass is 262 g/mol. The topological polar surface area (TPSA) is 63.4 Å². The first-order chi connectivity index (χ1) is 9.18.